The van der Waals surface area contributed by atoms with Crippen molar-refractivity contribution in [1.29, 1.82) is 0 Å². The Labute approximate surface area is 378 Å². The van der Waals surface area contributed by atoms with E-state index in [0.717, 1.165) is 155 Å². The topological polar surface area (TPSA) is 43.9 Å². The second-order valence-electron chi connectivity index (χ2n) is 18.2. The zero-order valence-corrected chi connectivity index (χ0v) is 40.0. The van der Waals surface area contributed by atoms with Crippen molar-refractivity contribution < 1.29 is 9.59 Å². The molecule has 5 nitrogen and oxygen atoms in total. The van der Waals surface area contributed by atoms with E-state index in [2.05, 4.69) is 9.80 Å². The van der Waals surface area contributed by atoms with Gasteiger partial charge in [0.15, 0.2) is 0 Å². The first-order valence-electron chi connectivity index (χ1n) is 26.4. The molecule has 0 aliphatic carbocycles. The molecular weight excluding hydrogens is 735 g/mol. The van der Waals surface area contributed by atoms with E-state index in [1.807, 2.05) is 4.90 Å². The van der Waals surface area contributed by atoms with E-state index in [1.165, 1.54) is 141 Å². The number of carbonyl (C=O) groups is 2. The molecule has 0 aliphatic rings. The molecule has 0 aromatic carbocycles. The SMILES string of the molecule is [CH]CCCCCCCCCN(CCCCCCCCC[CH])C(=O)CCCCCCCN([CH])CCCCCCCC(=O)N(CCCCCCCC[CH])CCCCCCCC[CH]. The lowest BCUT2D eigenvalue weighted by Gasteiger charge is -2.23. The van der Waals surface area contributed by atoms with Gasteiger partial charge in [0, 0.05) is 46.1 Å². The van der Waals surface area contributed by atoms with Gasteiger partial charge in [-0.2, -0.15) is 0 Å². The maximum Gasteiger partial charge on any atom is 0.222 e. The van der Waals surface area contributed by atoms with E-state index in [9.17, 15) is 9.59 Å². The summed E-state index contributed by atoms with van der Waals surface area (Å²) in [4.78, 5) is 32.8. The quantitative estimate of drug-likeness (QED) is 0.0453. The molecule has 60 heavy (non-hydrogen) atoms. The number of rotatable bonds is 50. The van der Waals surface area contributed by atoms with Crippen molar-refractivity contribution >= 4 is 11.8 Å². The second kappa shape index (κ2) is 48.9. The molecule has 0 N–H and O–H groups in total. The normalized spacial score (nSPS) is 11.6. The molecule has 5 heteroatoms. The van der Waals surface area contributed by atoms with Crippen molar-refractivity contribution in [3.8, 4) is 0 Å². The Hall–Kier alpha value is -1.10. The third-order valence-electron chi connectivity index (χ3n) is 12.4. The van der Waals surface area contributed by atoms with Gasteiger partial charge in [0.2, 0.25) is 11.8 Å². The highest BCUT2D eigenvalue weighted by molar-refractivity contribution is 5.76. The fourth-order valence-electron chi connectivity index (χ4n) is 8.36. The van der Waals surface area contributed by atoms with Crippen molar-refractivity contribution in [1.82, 2.24) is 14.7 Å². The summed E-state index contributed by atoms with van der Waals surface area (Å²) in [6, 6.07) is 0. The summed E-state index contributed by atoms with van der Waals surface area (Å²) in [6.45, 7) is 28.1. The minimum absolute atomic E-state index is 0.362. The average molecular weight is 836 g/mol. The van der Waals surface area contributed by atoms with Crippen LogP contribution in [0.5, 0.6) is 0 Å². The Balaban J connectivity index is 4.19. The van der Waals surface area contributed by atoms with E-state index >= 15 is 0 Å². The van der Waals surface area contributed by atoms with Gasteiger partial charge in [-0.15, -0.1) is 0 Å². The summed E-state index contributed by atoms with van der Waals surface area (Å²) < 4.78 is 0. The van der Waals surface area contributed by atoms with Gasteiger partial charge >= 0.3 is 0 Å². The maximum atomic E-state index is 13.2. The van der Waals surface area contributed by atoms with E-state index in [4.69, 9.17) is 34.7 Å². The fraction of sp³-hybridized carbons (Fsp3) is 0.873. The summed E-state index contributed by atoms with van der Waals surface area (Å²) in [5.41, 5.74) is 0. The van der Waals surface area contributed by atoms with Crippen molar-refractivity contribution in [2.75, 3.05) is 39.3 Å². The summed E-state index contributed by atoms with van der Waals surface area (Å²) in [6.07, 6.45) is 47.3. The molecule has 0 unspecified atom stereocenters. The molecule has 0 heterocycles. The summed E-state index contributed by atoms with van der Waals surface area (Å²) >= 11 is 0. The van der Waals surface area contributed by atoms with E-state index < -0.39 is 0 Å². The van der Waals surface area contributed by atoms with Crippen LogP contribution in [-0.4, -0.2) is 65.8 Å². The first-order chi connectivity index (χ1) is 29.5. The lowest BCUT2D eigenvalue weighted by molar-refractivity contribution is -0.132. The Morgan fingerprint density at radius 2 is 0.433 bits per heavy atom. The first kappa shape index (κ1) is 58.9. The molecule has 0 atom stereocenters. The highest BCUT2D eigenvalue weighted by atomic mass is 16.2. The number of hydrogen-bond acceptors (Lipinski definition) is 3. The smallest absolute Gasteiger partial charge is 0.222 e. The lowest BCUT2D eigenvalue weighted by atomic mass is 10.1. The van der Waals surface area contributed by atoms with Crippen LogP contribution >= 0.6 is 0 Å². The summed E-state index contributed by atoms with van der Waals surface area (Å²) in [7, 11) is 6.35. The molecule has 0 saturated carbocycles. The number of nitrogens with zero attached hydrogens (tertiary/aromatic N) is 3. The molecular formula is C55H101N3O2. The number of unbranched alkanes of at least 4 members (excludes halogenated alkanes) is 34. The van der Waals surface area contributed by atoms with Crippen LogP contribution in [0.2, 0.25) is 0 Å². The van der Waals surface area contributed by atoms with Gasteiger partial charge in [-0.3, -0.25) is 14.5 Å². The van der Waals surface area contributed by atoms with Crippen LogP contribution in [0.3, 0.4) is 0 Å². The van der Waals surface area contributed by atoms with Gasteiger partial charge in [-0.05, 0) is 118 Å². The third kappa shape index (κ3) is 42.2. The predicted molar refractivity (Wildman–Crippen MR) is 260 cm³/mol. The minimum Gasteiger partial charge on any atom is -0.343 e. The Morgan fingerprint density at radius 3 is 0.667 bits per heavy atom. The highest BCUT2D eigenvalue weighted by Crippen LogP contribution is 2.16. The van der Waals surface area contributed by atoms with E-state index in [-0.39, 0.29) is 0 Å². The molecule has 0 spiro atoms. The van der Waals surface area contributed by atoms with Crippen LogP contribution in [0.15, 0.2) is 0 Å². The van der Waals surface area contributed by atoms with E-state index in [0.29, 0.717) is 24.7 Å². The van der Waals surface area contributed by atoms with Crippen LogP contribution in [0.4, 0.5) is 0 Å². The number of carbonyl (C=O) groups excluding carboxylic acids is 2. The van der Waals surface area contributed by atoms with Crippen molar-refractivity contribution in [3.63, 3.8) is 0 Å². The standard InChI is InChI=1S/C55H101N3O2/c1-6-10-14-18-22-26-36-44-52-58(53-45-37-27-23-19-15-11-7-2)55(60)47-39-31-29-33-41-49-56(5)48-40-32-28-30-38-46-54(59)57(50-42-34-24-20-16-12-8-3)51-43-35-25-21-17-13-9-4/h1-5H,6-53H2. The zero-order chi connectivity index (χ0) is 43.8. The van der Waals surface area contributed by atoms with Crippen LogP contribution in [0.1, 0.15) is 270 Å². The van der Waals surface area contributed by atoms with Gasteiger partial charge in [0.25, 0.3) is 0 Å². The molecule has 10 radical (unpaired) electrons. The molecule has 0 saturated heterocycles. The second-order valence-corrected chi connectivity index (χ2v) is 18.2. The monoisotopic (exact) mass is 836 g/mol. The Bertz CT molecular complexity index is 827. The molecule has 0 aromatic rings. The number of hydrogen-bond donors (Lipinski definition) is 0. The predicted octanol–water partition coefficient (Wildman–Crippen LogP) is 15.8. The highest BCUT2D eigenvalue weighted by Gasteiger charge is 2.14. The van der Waals surface area contributed by atoms with Gasteiger partial charge in [-0.25, -0.2) is 0 Å². The molecule has 2 amide bonds. The fourth-order valence-corrected chi connectivity index (χ4v) is 8.36. The van der Waals surface area contributed by atoms with Crippen molar-refractivity contribution in [2.24, 2.45) is 0 Å². The maximum absolute atomic E-state index is 13.2. The van der Waals surface area contributed by atoms with Crippen LogP contribution < -0.4 is 0 Å². The third-order valence-corrected chi connectivity index (χ3v) is 12.4. The molecule has 0 bridgehead atoms. The van der Waals surface area contributed by atoms with Crippen molar-refractivity contribution in [2.45, 2.75) is 270 Å². The molecule has 0 aromatic heterocycles. The molecule has 348 valence electrons. The van der Waals surface area contributed by atoms with E-state index in [1.54, 1.807) is 0 Å². The van der Waals surface area contributed by atoms with Gasteiger partial charge in [0.1, 0.15) is 0 Å². The molecule has 0 rings (SSSR count). The van der Waals surface area contributed by atoms with Gasteiger partial charge in [-0.1, -0.05) is 180 Å². The zero-order valence-electron chi connectivity index (χ0n) is 40.0. The Morgan fingerprint density at radius 1 is 0.250 bits per heavy atom. The van der Waals surface area contributed by atoms with Gasteiger partial charge in [0.05, 0.1) is 0 Å². The number of amides is 2. The van der Waals surface area contributed by atoms with Crippen LogP contribution in [0, 0.1) is 34.7 Å². The van der Waals surface area contributed by atoms with Crippen LogP contribution in [-0.2, 0) is 9.59 Å². The summed E-state index contributed by atoms with van der Waals surface area (Å²) in [5.74, 6) is 0.731. The van der Waals surface area contributed by atoms with Gasteiger partial charge < -0.3 is 9.80 Å². The Kier molecular flexibility index (Phi) is 48.0. The first-order valence-corrected chi connectivity index (χ1v) is 26.4. The largest absolute Gasteiger partial charge is 0.343 e. The lowest BCUT2D eigenvalue weighted by Crippen LogP contribution is -2.32. The average Bonchev–Trinajstić information content (AvgIpc) is 3.25. The minimum atomic E-state index is 0.362. The van der Waals surface area contributed by atoms with Crippen molar-refractivity contribution in [3.05, 3.63) is 34.7 Å². The molecule has 0 aliphatic heterocycles. The van der Waals surface area contributed by atoms with Crippen LogP contribution in [0.25, 0.3) is 0 Å². The molecule has 0 fully saturated rings. The summed E-state index contributed by atoms with van der Waals surface area (Å²) in [5, 5.41) is 0.